The summed E-state index contributed by atoms with van der Waals surface area (Å²) in [7, 11) is 0. The molecule has 0 unspecified atom stereocenters. The highest BCUT2D eigenvalue weighted by atomic mass is 16.4. The number of nitrogens with zero attached hydrogens (tertiary/aromatic N) is 3. The lowest BCUT2D eigenvalue weighted by Crippen LogP contribution is -2.41. The minimum Gasteiger partial charge on any atom is -0.425 e. The van der Waals surface area contributed by atoms with E-state index in [1.54, 1.807) is 0 Å². The lowest BCUT2D eigenvalue weighted by molar-refractivity contribution is -0.122. The second-order valence-corrected chi connectivity index (χ2v) is 7.45. The molecule has 1 saturated heterocycles. The van der Waals surface area contributed by atoms with E-state index in [2.05, 4.69) is 65.5 Å². The monoisotopic (exact) mass is 356 g/mol. The van der Waals surface area contributed by atoms with Gasteiger partial charge in [0.25, 0.3) is 0 Å². The molecule has 3 rings (SSSR count). The first-order chi connectivity index (χ1) is 12.5. The normalized spacial score (nSPS) is 16.2. The van der Waals surface area contributed by atoms with Crippen LogP contribution in [0.1, 0.15) is 61.4 Å². The Morgan fingerprint density at radius 1 is 1.23 bits per heavy atom. The van der Waals surface area contributed by atoms with Crippen molar-refractivity contribution in [3.63, 3.8) is 0 Å². The standard InChI is InChI=1S/C20H28N4O2/c1-14(2)19-22-23-20(26-19)17-8-10-24(11-9-17)13-18(25)21-12-16-6-4-15(3)5-7-16/h4-7,14,17H,8-13H2,1-3H3,(H,21,25). The number of rotatable bonds is 6. The molecule has 1 fully saturated rings. The van der Waals surface area contributed by atoms with Gasteiger partial charge in [-0.15, -0.1) is 10.2 Å². The highest BCUT2D eigenvalue weighted by Gasteiger charge is 2.26. The number of hydrogen-bond donors (Lipinski definition) is 1. The van der Waals surface area contributed by atoms with Crippen molar-refractivity contribution in [1.29, 1.82) is 0 Å². The topological polar surface area (TPSA) is 71.3 Å². The number of nitrogens with one attached hydrogen (secondary N) is 1. The van der Waals surface area contributed by atoms with Crippen LogP contribution in [0.15, 0.2) is 28.7 Å². The molecule has 0 saturated carbocycles. The van der Waals surface area contributed by atoms with Gasteiger partial charge in [0.2, 0.25) is 17.7 Å². The maximum atomic E-state index is 12.2. The van der Waals surface area contributed by atoms with Gasteiger partial charge in [0.15, 0.2) is 0 Å². The van der Waals surface area contributed by atoms with E-state index in [1.807, 2.05) is 0 Å². The number of benzene rings is 1. The molecule has 2 aromatic rings. The van der Waals surface area contributed by atoms with Crippen LogP contribution in [0.2, 0.25) is 0 Å². The van der Waals surface area contributed by atoms with Gasteiger partial charge < -0.3 is 9.73 Å². The predicted octanol–water partition coefficient (Wildman–Crippen LogP) is 3.00. The number of hydrogen-bond acceptors (Lipinski definition) is 5. The molecule has 26 heavy (non-hydrogen) atoms. The summed E-state index contributed by atoms with van der Waals surface area (Å²) in [5, 5.41) is 11.3. The van der Waals surface area contributed by atoms with E-state index in [0.717, 1.165) is 37.4 Å². The smallest absolute Gasteiger partial charge is 0.234 e. The van der Waals surface area contributed by atoms with Gasteiger partial charge >= 0.3 is 0 Å². The average Bonchev–Trinajstić information content (AvgIpc) is 3.12. The van der Waals surface area contributed by atoms with Crippen molar-refractivity contribution in [1.82, 2.24) is 20.4 Å². The summed E-state index contributed by atoms with van der Waals surface area (Å²) in [6, 6.07) is 8.23. The molecular weight excluding hydrogens is 328 g/mol. The number of amides is 1. The van der Waals surface area contributed by atoms with E-state index in [9.17, 15) is 4.79 Å². The Hall–Kier alpha value is -2.21. The first kappa shape index (κ1) is 18.6. The van der Waals surface area contributed by atoms with Crippen LogP contribution in [-0.4, -0.2) is 40.6 Å². The summed E-state index contributed by atoms with van der Waals surface area (Å²) in [5.41, 5.74) is 2.35. The van der Waals surface area contributed by atoms with Gasteiger partial charge in [0, 0.05) is 18.4 Å². The number of aromatic nitrogens is 2. The van der Waals surface area contributed by atoms with Crippen LogP contribution in [-0.2, 0) is 11.3 Å². The maximum absolute atomic E-state index is 12.2. The molecule has 2 heterocycles. The zero-order chi connectivity index (χ0) is 18.5. The van der Waals surface area contributed by atoms with Crippen molar-refractivity contribution in [2.24, 2.45) is 0 Å². The van der Waals surface area contributed by atoms with Crippen LogP contribution in [0.4, 0.5) is 0 Å². The Labute approximate surface area is 155 Å². The van der Waals surface area contributed by atoms with Crippen molar-refractivity contribution in [3.05, 3.63) is 47.2 Å². The van der Waals surface area contributed by atoms with Crippen molar-refractivity contribution in [2.45, 2.75) is 52.0 Å². The van der Waals surface area contributed by atoms with E-state index in [4.69, 9.17) is 4.42 Å². The quantitative estimate of drug-likeness (QED) is 0.861. The van der Waals surface area contributed by atoms with E-state index in [1.165, 1.54) is 5.56 Å². The fourth-order valence-electron chi connectivity index (χ4n) is 3.15. The molecular formula is C20H28N4O2. The molecule has 1 aromatic carbocycles. The van der Waals surface area contributed by atoms with Crippen LogP contribution in [0, 0.1) is 6.92 Å². The molecule has 0 aliphatic carbocycles. The van der Waals surface area contributed by atoms with Gasteiger partial charge in [-0.3, -0.25) is 9.69 Å². The van der Waals surface area contributed by atoms with Crippen molar-refractivity contribution < 1.29 is 9.21 Å². The van der Waals surface area contributed by atoms with Gasteiger partial charge in [0.1, 0.15) is 0 Å². The molecule has 1 aliphatic heterocycles. The molecule has 6 nitrogen and oxygen atoms in total. The molecule has 1 aromatic heterocycles. The third-order valence-electron chi connectivity index (χ3n) is 4.86. The Kier molecular flexibility index (Phi) is 6.04. The van der Waals surface area contributed by atoms with Crippen LogP contribution in [0.25, 0.3) is 0 Å². The number of likely N-dealkylation sites (tertiary alicyclic amines) is 1. The van der Waals surface area contributed by atoms with E-state index in [-0.39, 0.29) is 11.8 Å². The first-order valence-corrected chi connectivity index (χ1v) is 9.39. The Bertz CT molecular complexity index is 716. The van der Waals surface area contributed by atoms with Crippen LogP contribution < -0.4 is 5.32 Å². The van der Waals surface area contributed by atoms with Crippen molar-refractivity contribution in [3.8, 4) is 0 Å². The third-order valence-corrected chi connectivity index (χ3v) is 4.86. The largest absolute Gasteiger partial charge is 0.425 e. The maximum Gasteiger partial charge on any atom is 0.234 e. The average molecular weight is 356 g/mol. The zero-order valence-electron chi connectivity index (χ0n) is 15.9. The minimum absolute atomic E-state index is 0.0731. The zero-order valence-corrected chi connectivity index (χ0v) is 15.9. The van der Waals surface area contributed by atoms with E-state index in [0.29, 0.717) is 24.9 Å². The molecule has 0 bridgehead atoms. The Morgan fingerprint density at radius 3 is 2.54 bits per heavy atom. The second-order valence-electron chi connectivity index (χ2n) is 7.45. The lowest BCUT2D eigenvalue weighted by Gasteiger charge is -2.29. The SMILES string of the molecule is Cc1ccc(CNC(=O)CN2CCC(c3nnc(C(C)C)o3)CC2)cc1. The highest BCUT2D eigenvalue weighted by molar-refractivity contribution is 5.78. The number of carbonyl (C=O) groups excluding carboxylic acids is 1. The number of piperidine rings is 1. The molecule has 1 N–H and O–H groups in total. The summed E-state index contributed by atoms with van der Waals surface area (Å²) in [6.45, 7) is 8.94. The highest BCUT2D eigenvalue weighted by Crippen LogP contribution is 2.28. The van der Waals surface area contributed by atoms with Crippen molar-refractivity contribution >= 4 is 5.91 Å². The van der Waals surface area contributed by atoms with E-state index >= 15 is 0 Å². The fraction of sp³-hybridized carbons (Fsp3) is 0.550. The van der Waals surface area contributed by atoms with Gasteiger partial charge in [-0.1, -0.05) is 43.7 Å². The first-order valence-electron chi connectivity index (χ1n) is 9.39. The van der Waals surface area contributed by atoms with Crippen LogP contribution in [0.5, 0.6) is 0 Å². The summed E-state index contributed by atoms with van der Waals surface area (Å²) < 4.78 is 5.78. The predicted molar refractivity (Wildman–Crippen MR) is 99.8 cm³/mol. The molecule has 1 amide bonds. The lowest BCUT2D eigenvalue weighted by atomic mass is 9.97. The van der Waals surface area contributed by atoms with Gasteiger partial charge in [-0.05, 0) is 38.4 Å². The molecule has 1 aliphatic rings. The van der Waals surface area contributed by atoms with Crippen LogP contribution in [0.3, 0.4) is 0 Å². The Balaban J connectivity index is 1.41. The minimum atomic E-state index is 0.0731. The molecule has 0 radical (unpaired) electrons. The van der Waals surface area contributed by atoms with Gasteiger partial charge in [0.05, 0.1) is 6.54 Å². The number of carbonyl (C=O) groups is 1. The summed E-state index contributed by atoms with van der Waals surface area (Å²) >= 11 is 0. The summed E-state index contributed by atoms with van der Waals surface area (Å²) in [4.78, 5) is 14.4. The Morgan fingerprint density at radius 2 is 1.92 bits per heavy atom. The summed E-state index contributed by atoms with van der Waals surface area (Å²) in [5.74, 6) is 2.09. The van der Waals surface area contributed by atoms with Crippen LogP contribution >= 0.6 is 0 Å². The van der Waals surface area contributed by atoms with Gasteiger partial charge in [-0.25, -0.2) is 0 Å². The van der Waals surface area contributed by atoms with Gasteiger partial charge in [-0.2, -0.15) is 0 Å². The molecule has 6 heteroatoms. The number of aryl methyl sites for hydroxylation is 1. The third kappa shape index (κ3) is 4.91. The molecule has 0 atom stereocenters. The second kappa shape index (κ2) is 8.45. The summed E-state index contributed by atoms with van der Waals surface area (Å²) in [6.07, 6.45) is 1.90. The molecule has 140 valence electrons. The van der Waals surface area contributed by atoms with E-state index < -0.39 is 0 Å². The molecule has 0 spiro atoms. The fourth-order valence-corrected chi connectivity index (χ4v) is 3.15. The van der Waals surface area contributed by atoms with Crippen molar-refractivity contribution in [2.75, 3.05) is 19.6 Å².